The molecule has 0 aliphatic heterocycles. The first-order chi connectivity index (χ1) is 9.88. The number of hydrogen-bond donors (Lipinski definition) is 2. The van der Waals surface area contributed by atoms with Gasteiger partial charge in [-0.25, -0.2) is 9.78 Å². The van der Waals surface area contributed by atoms with Gasteiger partial charge in [-0.1, -0.05) is 0 Å². The number of aromatic carboxylic acids is 1. The lowest BCUT2D eigenvalue weighted by atomic mass is 10.1. The predicted molar refractivity (Wildman–Crippen MR) is 80.0 cm³/mol. The summed E-state index contributed by atoms with van der Waals surface area (Å²) in [6.07, 6.45) is 1.44. The molecule has 7 nitrogen and oxygen atoms in total. The van der Waals surface area contributed by atoms with E-state index in [1.807, 2.05) is 0 Å². The van der Waals surface area contributed by atoms with Gasteiger partial charge in [0.15, 0.2) is 0 Å². The minimum Gasteiger partial charge on any atom is -0.478 e. The molecule has 0 unspecified atom stereocenters. The Hall–Kier alpha value is -2.48. The third-order valence-corrected chi connectivity index (χ3v) is 3.18. The van der Waals surface area contributed by atoms with Crippen molar-refractivity contribution in [2.45, 2.75) is 6.92 Å². The number of nitrogens with zero attached hydrogens (tertiary/aromatic N) is 2. The van der Waals surface area contributed by atoms with Crippen LogP contribution in [0.5, 0.6) is 0 Å². The van der Waals surface area contributed by atoms with Crippen molar-refractivity contribution >= 4 is 39.1 Å². The van der Waals surface area contributed by atoms with E-state index in [1.54, 1.807) is 13.0 Å². The van der Waals surface area contributed by atoms with Gasteiger partial charge in [0.25, 0.3) is 0 Å². The molecule has 0 atom stereocenters. The molecule has 0 radical (unpaired) electrons. The molecule has 8 heteroatoms. The van der Waals surface area contributed by atoms with Gasteiger partial charge >= 0.3 is 11.7 Å². The van der Waals surface area contributed by atoms with Crippen LogP contribution in [-0.4, -0.2) is 21.0 Å². The second-order valence-electron chi connectivity index (χ2n) is 4.24. The van der Waals surface area contributed by atoms with E-state index in [1.165, 1.54) is 24.4 Å². The van der Waals surface area contributed by atoms with Gasteiger partial charge in [-0.05, 0) is 46.6 Å². The molecular weight excluding hydrogens is 342 g/mol. The molecule has 0 bridgehead atoms. The number of aryl methyl sites for hydroxylation is 1. The van der Waals surface area contributed by atoms with Crippen LogP contribution in [0.1, 0.15) is 15.9 Å². The molecular formula is C13H10BrN3O4. The summed E-state index contributed by atoms with van der Waals surface area (Å²) in [6.45, 7) is 1.65. The van der Waals surface area contributed by atoms with Crippen LogP contribution in [-0.2, 0) is 0 Å². The van der Waals surface area contributed by atoms with Crippen molar-refractivity contribution in [3.05, 3.63) is 56.2 Å². The fourth-order valence-electron chi connectivity index (χ4n) is 1.78. The molecule has 1 aromatic carbocycles. The number of anilines is 2. The van der Waals surface area contributed by atoms with Gasteiger partial charge in [0, 0.05) is 22.4 Å². The van der Waals surface area contributed by atoms with E-state index in [-0.39, 0.29) is 17.1 Å². The van der Waals surface area contributed by atoms with Gasteiger partial charge in [0.1, 0.15) is 0 Å². The van der Waals surface area contributed by atoms with Crippen LogP contribution >= 0.6 is 15.9 Å². The second kappa shape index (κ2) is 5.88. The number of hydrogen-bond acceptors (Lipinski definition) is 5. The molecule has 0 aliphatic carbocycles. The lowest BCUT2D eigenvalue weighted by molar-refractivity contribution is -0.384. The Bertz CT molecular complexity index is 733. The van der Waals surface area contributed by atoms with Crippen molar-refractivity contribution in [1.82, 2.24) is 4.98 Å². The Kier molecular flexibility index (Phi) is 4.18. The van der Waals surface area contributed by atoms with Gasteiger partial charge in [0.05, 0.1) is 10.5 Å². The largest absolute Gasteiger partial charge is 0.478 e. The lowest BCUT2D eigenvalue weighted by Gasteiger charge is -2.08. The molecule has 0 saturated carbocycles. The maximum Gasteiger partial charge on any atom is 0.335 e. The Balaban J connectivity index is 2.37. The number of nitro groups is 1. The maximum atomic E-state index is 11.0. The quantitative estimate of drug-likeness (QED) is 0.644. The number of carboxylic acids is 1. The molecule has 2 aromatic rings. The van der Waals surface area contributed by atoms with Crippen molar-refractivity contribution in [3.63, 3.8) is 0 Å². The zero-order valence-electron chi connectivity index (χ0n) is 10.8. The van der Waals surface area contributed by atoms with Gasteiger partial charge in [-0.2, -0.15) is 0 Å². The second-order valence-corrected chi connectivity index (χ2v) is 5.15. The van der Waals surface area contributed by atoms with E-state index in [0.29, 0.717) is 15.7 Å². The Morgan fingerprint density at radius 3 is 2.71 bits per heavy atom. The molecule has 0 fully saturated rings. The molecule has 0 saturated heterocycles. The Morgan fingerprint density at radius 1 is 1.43 bits per heavy atom. The number of benzene rings is 1. The highest BCUT2D eigenvalue weighted by atomic mass is 79.9. The zero-order valence-corrected chi connectivity index (χ0v) is 12.4. The number of aromatic nitrogens is 1. The normalized spacial score (nSPS) is 10.2. The van der Waals surface area contributed by atoms with Crippen LogP contribution in [0, 0.1) is 17.0 Å². The third kappa shape index (κ3) is 3.34. The average molecular weight is 352 g/mol. The van der Waals surface area contributed by atoms with Gasteiger partial charge in [-0.3, -0.25) is 10.1 Å². The highest BCUT2D eigenvalue weighted by Gasteiger charge is 2.16. The smallest absolute Gasteiger partial charge is 0.335 e. The topological polar surface area (TPSA) is 105 Å². The molecule has 1 aromatic heterocycles. The maximum absolute atomic E-state index is 11.0. The van der Waals surface area contributed by atoms with E-state index in [9.17, 15) is 14.9 Å². The fraction of sp³-hybridized carbons (Fsp3) is 0.0769. The van der Waals surface area contributed by atoms with Gasteiger partial charge < -0.3 is 10.4 Å². The SMILES string of the molecule is Cc1cc(Nc2ncc(Br)cc2[N+](=O)[O-])ccc1C(=O)O. The number of nitrogens with one attached hydrogen (secondary N) is 1. The predicted octanol–water partition coefficient (Wildman–Crippen LogP) is 3.50. The lowest BCUT2D eigenvalue weighted by Crippen LogP contribution is -2.02. The number of pyridine rings is 1. The summed E-state index contributed by atoms with van der Waals surface area (Å²) in [6, 6.07) is 5.90. The van der Waals surface area contributed by atoms with Gasteiger partial charge in [-0.15, -0.1) is 0 Å². The summed E-state index contributed by atoms with van der Waals surface area (Å²) in [5.41, 5.74) is 1.07. The van der Waals surface area contributed by atoms with Crippen LogP contribution in [0.4, 0.5) is 17.2 Å². The summed E-state index contributed by atoms with van der Waals surface area (Å²) >= 11 is 3.13. The Morgan fingerprint density at radius 2 is 2.14 bits per heavy atom. The summed E-state index contributed by atoms with van der Waals surface area (Å²) in [7, 11) is 0. The molecule has 1 heterocycles. The summed E-state index contributed by atoms with van der Waals surface area (Å²) in [4.78, 5) is 25.4. The van der Waals surface area contributed by atoms with Crippen LogP contribution in [0.25, 0.3) is 0 Å². The first kappa shape index (κ1) is 14.9. The van der Waals surface area contributed by atoms with Crippen molar-refractivity contribution in [2.75, 3.05) is 5.32 Å². The van der Waals surface area contributed by atoms with Crippen molar-refractivity contribution < 1.29 is 14.8 Å². The number of carbonyl (C=O) groups is 1. The highest BCUT2D eigenvalue weighted by molar-refractivity contribution is 9.10. The summed E-state index contributed by atoms with van der Waals surface area (Å²) in [5.74, 6) is -0.933. The monoisotopic (exact) mass is 351 g/mol. The Labute approximate surface area is 127 Å². The molecule has 0 aliphatic rings. The minimum atomic E-state index is -1.02. The average Bonchev–Trinajstić information content (AvgIpc) is 2.40. The summed E-state index contributed by atoms with van der Waals surface area (Å²) < 4.78 is 0.497. The van der Waals surface area contributed by atoms with Gasteiger partial charge in [0.2, 0.25) is 5.82 Å². The molecule has 2 N–H and O–H groups in total. The van der Waals surface area contributed by atoms with E-state index in [4.69, 9.17) is 5.11 Å². The molecule has 0 amide bonds. The standard InChI is InChI=1S/C13H10BrN3O4/c1-7-4-9(2-3-10(7)13(18)19)16-12-11(17(20)21)5-8(14)6-15-12/h2-6H,1H3,(H,15,16)(H,18,19). The highest BCUT2D eigenvalue weighted by Crippen LogP contribution is 2.28. The van der Waals surface area contributed by atoms with Crippen molar-refractivity contribution in [2.24, 2.45) is 0 Å². The fourth-order valence-corrected chi connectivity index (χ4v) is 2.10. The van der Waals surface area contributed by atoms with Crippen molar-refractivity contribution in [3.8, 4) is 0 Å². The van der Waals surface area contributed by atoms with E-state index in [2.05, 4.69) is 26.2 Å². The zero-order chi connectivity index (χ0) is 15.6. The van der Waals surface area contributed by atoms with E-state index in [0.717, 1.165) is 0 Å². The van der Waals surface area contributed by atoms with E-state index >= 15 is 0 Å². The van der Waals surface area contributed by atoms with Crippen LogP contribution in [0.2, 0.25) is 0 Å². The molecule has 108 valence electrons. The molecule has 21 heavy (non-hydrogen) atoms. The molecule has 2 rings (SSSR count). The first-order valence-corrected chi connectivity index (χ1v) is 6.58. The van der Waals surface area contributed by atoms with E-state index < -0.39 is 10.9 Å². The van der Waals surface area contributed by atoms with Crippen molar-refractivity contribution in [1.29, 1.82) is 0 Å². The van der Waals surface area contributed by atoms with Crippen LogP contribution in [0.3, 0.4) is 0 Å². The number of rotatable bonds is 4. The minimum absolute atomic E-state index is 0.0886. The number of carboxylic acid groups (broad SMARTS) is 1. The third-order valence-electron chi connectivity index (χ3n) is 2.75. The molecule has 0 spiro atoms. The first-order valence-electron chi connectivity index (χ1n) is 5.79. The number of halogens is 1. The summed E-state index contributed by atoms with van der Waals surface area (Å²) in [5, 5.41) is 22.8. The van der Waals surface area contributed by atoms with Crippen LogP contribution < -0.4 is 5.32 Å². The van der Waals surface area contributed by atoms with Crippen LogP contribution in [0.15, 0.2) is 34.9 Å².